The fourth-order valence-corrected chi connectivity index (χ4v) is 3.37. The lowest BCUT2D eigenvalue weighted by Gasteiger charge is -2.34. The van der Waals surface area contributed by atoms with E-state index in [4.69, 9.17) is 16.3 Å². The molecule has 23 heavy (non-hydrogen) atoms. The summed E-state index contributed by atoms with van der Waals surface area (Å²) < 4.78 is 5.28. The summed E-state index contributed by atoms with van der Waals surface area (Å²) in [5.74, 6) is 0. The molecule has 5 nitrogen and oxygen atoms in total. The van der Waals surface area contributed by atoms with Gasteiger partial charge in [-0.25, -0.2) is 4.79 Å². The lowest BCUT2D eigenvalue weighted by molar-refractivity contribution is 0.0516. The van der Waals surface area contributed by atoms with Crippen LogP contribution in [0.2, 0.25) is 5.02 Å². The molecule has 126 valence electrons. The van der Waals surface area contributed by atoms with Gasteiger partial charge in [0.25, 0.3) is 0 Å². The zero-order valence-electron chi connectivity index (χ0n) is 13.3. The molecule has 0 atom stereocenters. The van der Waals surface area contributed by atoms with E-state index < -0.39 is 0 Å². The predicted octanol–water partition coefficient (Wildman–Crippen LogP) is 2.35. The first-order valence-electron chi connectivity index (χ1n) is 8.31. The van der Waals surface area contributed by atoms with Crippen LogP contribution in [0.15, 0.2) is 24.3 Å². The van der Waals surface area contributed by atoms with E-state index in [0.717, 1.165) is 37.5 Å². The third-order valence-corrected chi connectivity index (χ3v) is 4.74. The highest BCUT2D eigenvalue weighted by Gasteiger charge is 2.23. The highest BCUT2D eigenvalue weighted by molar-refractivity contribution is 6.30. The molecule has 1 aromatic rings. The Morgan fingerprint density at radius 3 is 2.65 bits per heavy atom. The van der Waals surface area contributed by atoms with Gasteiger partial charge < -0.3 is 15.0 Å². The fraction of sp³-hybridized carbons (Fsp3) is 0.588. The van der Waals surface area contributed by atoms with E-state index in [1.807, 2.05) is 23.1 Å². The highest BCUT2D eigenvalue weighted by atomic mass is 35.5. The standard InChI is InChI=1S/C17H24ClN3O2/c18-15-3-1-2-14(12-15)13-20-6-4-16(5-7-20)19-17(22)21-8-10-23-11-9-21/h1-3,12,16H,4-11,13H2,(H,19,22). The number of rotatable bonds is 3. The number of ether oxygens (including phenoxy) is 1. The summed E-state index contributed by atoms with van der Waals surface area (Å²) in [7, 11) is 0. The number of likely N-dealkylation sites (tertiary alicyclic amines) is 1. The number of morpholine rings is 1. The van der Waals surface area contributed by atoms with Gasteiger partial charge >= 0.3 is 6.03 Å². The first-order chi connectivity index (χ1) is 11.2. The van der Waals surface area contributed by atoms with Crippen molar-refractivity contribution in [3.8, 4) is 0 Å². The molecule has 0 spiro atoms. The highest BCUT2D eigenvalue weighted by Crippen LogP contribution is 2.17. The number of amides is 2. The molecule has 0 saturated carbocycles. The molecule has 0 unspecified atom stereocenters. The molecule has 1 N–H and O–H groups in total. The van der Waals surface area contributed by atoms with Gasteiger partial charge in [0.05, 0.1) is 13.2 Å². The van der Waals surface area contributed by atoms with Crippen LogP contribution in [0.3, 0.4) is 0 Å². The zero-order valence-corrected chi connectivity index (χ0v) is 14.1. The van der Waals surface area contributed by atoms with Crippen molar-refractivity contribution in [2.45, 2.75) is 25.4 Å². The van der Waals surface area contributed by atoms with E-state index in [1.54, 1.807) is 0 Å². The van der Waals surface area contributed by atoms with Gasteiger partial charge in [0, 0.05) is 43.8 Å². The van der Waals surface area contributed by atoms with Crippen LogP contribution < -0.4 is 5.32 Å². The number of urea groups is 1. The minimum absolute atomic E-state index is 0.0570. The SMILES string of the molecule is O=C(NC1CCN(Cc2cccc(Cl)c2)CC1)N1CCOCC1. The summed E-state index contributed by atoms with van der Waals surface area (Å²) in [5, 5.41) is 3.95. The van der Waals surface area contributed by atoms with Crippen LogP contribution in [-0.4, -0.2) is 61.3 Å². The number of hydrogen-bond acceptors (Lipinski definition) is 3. The number of carbonyl (C=O) groups is 1. The van der Waals surface area contributed by atoms with Gasteiger partial charge in [-0.05, 0) is 30.5 Å². The molecule has 2 saturated heterocycles. The molecule has 0 bridgehead atoms. The monoisotopic (exact) mass is 337 g/mol. The molecule has 0 aromatic heterocycles. The third-order valence-electron chi connectivity index (χ3n) is 4.51. The Kier molecular flexibility index (Phi) is 5.75. The van der Waals surface area contributed by atoms with Crippen LogP contribution in [0.25, 0.3) is 0 Å². The first-order valence-corrected chi connectivity index (χ1v) is 8.68. The number of nitrogens with zero attached hydrogens (tertiary/aromatic N) is 2. The molecule has 1 aromatic carbocycles. The van der Waals surface area contributed by atoms with Crippen molar-refractivity contribution < 1.29 is 9.53 Å². The van der Waals surface area contributed by atoms with Gasteiger partial charge in [0.1, 0.15) is 0 Å². The summed E-state index contributed by atoms with van der Waals surface area (Å²) in [4.78, 5) is 16.5. The average Bonchev–Trinajstić information content (AvgIpc) is 2.57. The molecule has 2 fully saturated rings. The van der Waals surface area contributed by atoms with Crippen LogP contribution in [0.1, 0.15) is 18.4 Å². The quantitative estimate of drug-likeness (QED) is 0.920. The number of benzene rings is 1. The Morgan fingerprint density at radius 2 is 1.96 bits per heavy atom. The second kappa shape index (κ2) is 7.99. The van der Waals surface area contributed by atoms with Crippen LogP contribution in [0.4, 0.5) is 4.79 Å². The van der Waals surface area contributed by atoms with Crippen LogP contribution >= 0.6 is 11.6 Å². The van der Waals surface area contributed by atoms with Crippen molar-refractivity contribution in [3.05, 3.63) is 34.9 Å². The average molecular weight is 338 g/mol. The van der Waals surface area contributed by atoms with Gasteiger partial charge in [-0.15, -0.1) is 0 Å². The summed E-state index contributed by atoms with van der Waals surface area (Å²) in [6, 6.07) is 8.36. The Balaban J connectivity index is 1.42. The second-order valence-corrected chi connectivity index (χ2v) is 6.67. The van der Waals surface area contributed by atoms with E-state index in [9.17, 15) is 4.79 Å². The molecule has 2 amide bonds. The lowest BCUT2D eigenvalue weighted by atomic mass is 10.0. The number of hydrogen-bond donors (Lipinski definition) is 1. The summed E-state index contributed by atoms with van der Waals surface area (Å²) >= 11 is 6.04. The number of halogens is 1. The van der Waals surface area contributed by atoms with E-state index in [1.165, 1.54) is 5.56 Å². The molecule has 3 rings (SSSR count). The van der Waals surface area contributed by atoms with Crippen molar-refractivity contribution in [1.29, 1.82) is 0 Å². The van der Waals surface area contributed by atoms with Crippen LogP contribution in [0, 0.1) is 0 Å². The van der Waals surface area contributed by atoms with Crippen LogP contribution in [-0.2, 0) is 11.3 Å². The van der Waals surface area contributed by atoms with Crippen molar-refractivity contribution in [2.24, 2.45) is 0 Å². The minimum atomic E-state index is 0.0570. The van der Waals surface area contributed by atoms with Crippen molar-refractivity contribution in [1.82, 2.24) is 15.1 Å². The van der Waals surface area contributed by atoms with Gasteiger partial charge in [0.15, 0.2) is 0 Å². The maximum absolute atomic E-state index is 12.2. The lowest BCUT2D eigenvalue weighted by Crippen LogP contribution is -2.51. The van der Waals surface area contributed by atoms with Crippen LogP contribution in [0.5, 0.6) is 0 Å². The van der Waals surface area contributed by atoms with Gasteiger partial charge in [0.2, 0.25) is 0 Å². The van der Waals surface area contributed by atoms with Crippen molar-refractivity contribution in [2.75, 3.05) is 39.4 Å². The molecule has 0 radical (unpaired) electrons. The van der Waals surface area contributed by atoms with Crippen molar-refractivity contribution >= 4 is 17.6 Å². The largest absolute Gasteiger partial charge is 0.378 e. The number of piperidine rings is 1. The normalized spacial score (nSPS) is 20.5. The Hall–Kier alpha value is -1.30. The fourth-order valence-electron chi connectivity index (χ4n) is 3.16. The summed E-state index contributed by atoms with van der Waals surface area (Å²) in [5.41, 5.74) is 1.24. The molecule has 2 aliphatic heterocycles. The minimum Gasteiger partial charge on any atom is -0.378 e. The van der Waals surface area contributed by atoms with E-state index >= 15 is 0 Å². The van der Waals surface area contributed by atoms with Gasteiger partial charge in [-0.1, -0.05) is 23.7 Å². The van der Waals surface area contributed by atoms with E-state index in [2.05, 4.69) is 16.3 Å². The molecule has 6 heteroatoms. The van der Waals surface area contributed by atoms with Gasteiger partial charge in [-0.3, -0.25) is 4.90 Å². The maximum atomic E-state index is 12.2. The topological polar surface area (TPSA) is 44.8 Å². The first kappa shape index (κ1) is 16.6. The van der Waals surface area contributed by atoms with Crippen molar-refractivity contribution in [3.63, 3.8) is 0 Å². The summed E-state index contributed by atoms with van der Waals surface area (Å²) in [6.07, 6.45) is 1.99. The third kappa shape index (κ3) is 4.83. The Morgan fingerprint density at radius 1 is 1.22 bits per heavy atom. The molecular weight excluding hydrogens is 314 g/mol. The summed E-state index contributed by atoms with van der Waals surface area (Å²) in [6.45, 7) is 5.60. The van der Waals surface area contributed by atoms with Gasteiger partial charge in [-0.2, -0.15) is 0 Å². The van der Waals surface area contributed by atoms with E-state index in [0.29, 0.717) is 26.3 Å². The number of nitrogens with one attached hydrogen (secondary N) is 1. The Labute approximate surface area is 142 Å². The molecule has 2 aliphatic rings. The Bertz CT molecular complexity index is 526. The predicted molar refractivity (Wildman–Crippen MR) is 90.7 cm³/mol. The number of carbonyl (C=O) groups excluding carboxylic acids is 1. The smallest absolute Gasteiger partial charge is 0.317 e. The molecular formula is C17H24ClN3O2. The van der Waals surface area contributed by atoms with E-state index in [-0.39, 0.29) is 12.1 Å². The molecule has 2 heterocycles. The second-order valence-electron chi connectivity index (χ2n) is 6.23. The molecule has 0 aliphatic carbocycles. The maximum Gasteiger partial charge on any atom is 0.317 e. The zero-order chi connectivity index (χ0) is 16.1.